The second-order valence-corrected chi connectivity index (χ2v) is 8.95. The number of fused-ring (bicyclic) bond motifs is 1. The number of carbonyl (C=O) groups is 1. The Balaban J connectivity index is 1.46. The van der Waals surface area contributed by atoms with Gasteiger partial charge in [-0.05, 0) is 60.2 Å². The van der Waals surface area contributed by atoms with Gasteiger partial charge in [-0.25, -0.2) is 0 Å². The van der Waals surface area contributed by atoms with E-state index in [1.807, 2.05) is 54.6 Å². The standard InChI is InChI=1S/C27H24N2O3S/c1-19-7-9-20(10-8-19)17-28-27-29(23-5-3-2-4-6-23)26(30)25(33-27)16-21-11-12-24-22(15-21)18-31-13-14-32-24/h2-12,15-16H,13-14,17-18H2,1H3/b25-16-,28-27?. The molecule has 3 aromatic rings. The van der Waals surface area contributed by atoms with Crippen LogP contribution in [0.5, 0.6) is 5.75 Å². The van der Waals surface area contributed by atoms with Crippen molar-refractivity contribution >= 4 is 34.6 Å². The summed E-state index contributed by atoms with van der Waals surface area (Å²) < 4.78 is 11.3. The Morgan fingerprint density at radius 1 is 1.03 bits per heavy atom. The van der Waals surface area contributed by atoms with E-state index in [0.717, 1.165) is 28.1 Å². The van der Waals surface area contributed by atoms with Crippen molar-refractivity contribution in [2.24, 2.45) is 4.99 Å². The Labute approximate surface area is 197 Å². The molecule has 0 atom stereocenters. The Morgan fingerprint density at radius 2 is 1.85 bits per heavy atom. The molecule has 1 saturated heterocycles. The molecule has 0 spiro atoms. The number of hydrogen-bond acceptors (Lipinski definition) is 5. The third kappa shape index (κ3) is 4.87. The molecular weight excluding hydrogens is 432 g/mol. The second-order valence-electron chi connectivity index (χ2n) is 7.94. The number of nitrogens with zero attached hydrogens (tertiary/aromatic N) is 2. The van der Waals surface area contributed by atoms with Gasteiger partial charge in [-0.15, -0.1) is 0 Å². The molecule has 2 aliphatic rings. The molecule has 33 heavy (non-hydrogen) atoms. The first-order chi connectivity index (χ1) is 16.2. The van der Waals surface area contributed by atoms with Gasteiger partial charge in [0.05, 0.1) is 30.4 Å². The van der Waals surface area contributed by atoms with Gasteiger partial charge < -0.3 is 9.47 Å². The highest BCUT2D eigenvalue weighted by Gasteiger charge is 2.34. The van der Waals surface area contributed by atoms with Crippen LogP contribution < -0.4 is 9.64 Å². The number of amides is 1. The SMILES string of the molecule is Cc1ccc(CN=C2S/C(=C\c3ccc4c(c3)COCCO4)C(=O)N2c2ccccc2)cc1. The lowest BCUT2D eigenvalue weighted by Crippen LogP contribution is -2.28. The van der Waals surface area contributed by atoms with Crippen molar-refractivity contribution in [1.29, 1.82) is 0 Å². The third-order valence-corrected chi connectivity index (χ3v) is 6.47. The first kappa shape index (κ1) is 21.5. The van der Waals surface area contributed by atoms with Crippen LogP contribution in [-0.4, -0.2) is 24.3 Å². The topological polar surface area (TPSA) is 51.1 Å². The lowest BCUT2D eigenvalue weighted by atomic mass is 10.1. The summed E-state index contributed by atoms with van der Waals surface area (Å²) in [5.41, 5.74) is 5.06. The average molecular weight is 457 g/mol. The van der Waals surface area contributed by atoms with Crippen molar-refractivity contribution in [3.05, 3.63) is 100.0 Å². The molecule has 0 unspecified atom stereocenters. The minimum Gasteiger partial charge on any atom is -0.491 e. The van der Waals surface area contributed by atoms with E-state index in [0.29, 0.717) is 36.4 Å². The lowest BCUT2D eigenvalue weighted by Gasteiger charge is -2.15. The summed E-state index contributed by atoms with van der Waals surface area (Å²) in [5.74, 6) is 0.766. The molecule has 2 aliphatic heterocycles. The van der Waals surface area contributed by atoms with Gasteiger partial charge in [-0.2, -0.15) is 0 Å². The number of anilines is 1. The molecule has 0 saturated carbocycles. The van der Waals surface area contributed by atoms with E-state index in [4.69, 9.17) is 14.5 Å². The molecule has 0 bridgehead atoms. The molecule has 166 valence electrons. The predicted octanol–water partition coefficient (Wildman–Crippen LogP) is 5.58. The van der Waals surface area contributed by atoms with E-state index in [1.54, 1.807) is 4.90 Å². The zero-order valence-corrected chi connectivity index (χ0v) is 19.2. The molecule has 0 aromatic heterocycles. The van der Waals surface area contributed by atoms with Crippen molar-refractivity contribution in [3.8, 4) is 5.75 Å². The predicted molar refractivity (Wildman–Crippen MR) is 133 cm³/mol. The number of aryl methyl sites for hydroxylation is 1. The van der Waals surface area contributed by atoms with Crippen molar-refractivity contribution in [3.63, 3.8) is 0 Å². The molecular formula is C27H24N2O3S. The van der Waals surface area contributed by atoms with Gasteiger partial charge >= 0.3 is 0 Å². The normalized spacial score (nSPS) is 18.3. The maximum atomic E-state index is 13.4. The third-order valence-electron chi connectivity index (χ3n) is 5.46. The fraction of sp³-hybridized carbons (Fsp3) is 0.185. The molecule has 5 rings (SSSR count). The summed E-state index contributed by atoms with van der Waals surface area (Å²) in [6.45, 7) is 4.21. The van der Waals surface area contributed by atoms with Gasteiger partial charge in [0.15, 0.2) is 5.17 Å². The van der Waals surface area contributed by atoms with Crippen molar-refractivity contribution < 1.29 is 14.3 Å². The second kappa shape index (κ2) is 9.65. The molecule has 5 nitrogen and oxygen atoms in total. The first-order valence-corrected chi connectivity index (χ1v) is 11.7. The summed E-state index contributed by atoms with van der Waals surface area (Å²) in [6.07, 6.45) is 1.92. The lowest BCUT2D eigenvalue weighted by molar-refractivity contribution is -0.113. The largest absolute Gasteiger partial charge is 0.491 e. The molecule has 3 aromatic carbocycles. The van der Waals surface area contributed by atoms with E-state index in [9.17, 15) is 4.79 Å². The van der Waals surface area contributed by atoms with E-state index >= 15 is 0 Å². The number of thioether (sulfide) groups is 1. The van der Waals surface area contributed by atoms with Crippen LogP contribution in [0.15, 0.2) is 82.7 Å². The Morgan fingerprint density at radius 3 is 2.67 bits per heavy atom. The number of aliphatic imine (C=N–C) groups is 1. The maximum Gasteiger partial charge on any atom is 0.271 e. The van der Waals surface area contributed by atoms with E-state index < -0.39 is 0 Å². The number of ether oxygens (including phenoxy) is 2. The molecule has 1 amide bonds. The molecule has 1 fully saturated rings. The van der Waals surface area contributed by atoms with Crippen LogP contribution in [0, 0.1) is 6.92 Å². The number of para-hydroxylation sites is 1. The first-order valence-electron chi connectivity index (χ1n) is 10.9. The number of rotatable bonds is 4. The zero-order chi connectivity index (χ0) is 22.6. The van der Waals surface area contributed by atoms with Gasteiger partial charge in [0, 0.05) is 5.56 Å². The van der Waals surface area contributed by atoms with Crippen LogP contribution in [-0.2, 0) is 22.7 Å². The van der Waals surface area contributed by atoms with E-state index in [1.165, 1.54) is 17.3 Å². The molecule has 0 N–H and O–H groups in total. The van der Waals surface area contributed by atoms with Crippen LogP contribution >= 0.6 is 11.8 Å². The van der Waals surface area contributed by atoms with Crippen LogP contribution in [0.1, 0.15) is 22.3 Å². The van der Waals surface area contributed by atoms with Crippen LogP contribution in [0.4, 0.5) is 5.69 Å². The quantitative estimate of drug-likeness (QED) is 0.481. The minimum atomic E-state index is -0.0729. The highest BCUT2D eigenvalue weighted by molar-refractivity contribution is 8.19. The number of benzene rings is 3. The molecule has 2 heterocycles. The fourth-order valence-electron chi connectivity index (χ4n) is 3.72. The molecule has 6 heteroatoms. The van der Waals surface area contributed by atoms with Gasteiger partial charge in [-0.1, -0.05) is 54.1 Å². The van der Waals surface area contributed by atoms with Gasteiger partial charge in [0.2, 0.25) is 0 Å². The maximum absolute atomic E-state index is 13.4. The van der Waals surface area contributed by atoms with Crippen molar-refractivity contribution in [1.82, 2.24) is 0 Å². The van der Waals surface area contributed by atoms with E-state index in [2.05, 4.69) is 31.2 Å². The zero-order valence-electron chi connectivity index (χ0n) is 18.4. The summed E-state index contributed by atoms with van der Waals surface area (Å²) >= 11 is 1.41. The molecule has 0 radical (unpaired) electrons. The highest BCUT2D eigenvalue weighted by atomic mass is 32.2. The van der Waals surface area contributed by atoms with Gasteiger partial charge in [0.25, 0.3) is 5.91 Å². The summed E-state index contributed by atoms with van der Waals surface area (Å²) in [7, 11) is 0. The Hall–Kier alpha value is -3.35. The fourth-order valence-corrected chi connectivity index (χ4v) is 4.70. The number of amidine groups is 1. The average Bonchev–Trinajstić information content (AvgIpc) is 2.99. The van der Waals surface area contributed by atoms with Crippen LogP contribution in [0.25, 0.3) is 6.08 Å². The van der Waals surface area contributed by atoms with E-state index in [-0.39, 0.29) is 5.91 Å². The van der Waals surface area contributed by atoms with Crippen molar-refractivity contribution in [2.75, 3.05) is 18.1 Å². The summed E-state index contributed by atoms with van der Waals surface area (Å²) in [4.78, 5) is 20.6. The number of carbonyl (C=O) groups excluding carboxylic acids is 1. The Kier molecular flexibility index (Phi) is 6.28. The summed E-state index contributed by atoms with van der Waals surface area (Å²) in [5, 5.41) is 0.680. The highest BCUT2D eigenvalue weighted by Crippen LogP contribution is 2.36. The number of hydrogen-bond donors (Lipinski definition) is 0. The Bertz CT molecular complexity index is 1220. The van der Waals surface area contributed by atoms with Crippen LogP contribution in [0.3, 0.4) is 0 Å². The smallest absolute Gasteiger partial charge is 0.271 e. The van der Waals surface area contributed by atoms with Gasteiger partial charge in [-0.3, -0.25) is 14.7 Å². The monoisotopic (exact) mass is 456 g/mol. The van der Waals surface area contributed by atoms with Crippen LogP contribution in [0.2, 0.25) is 0 Å². The van der Waals surface area contributed by atoms with Crippen molar-refractivity contribution in [2.45, 2.75) is 20.1 Å². The summed E-state index contributed by atoms with van der Waals surface area (Å²) in [6, 6.07) is 23.9. The molecule has 0 aliphatic carbocycles. The minimum absolute atomic E-state index is 0.0729. The van der Waals surface area contributed by atoms with Gasteiger partial charge in [0.1, 0.15) is 12.4 Å².